The van der Waals surface area contributed by atoms with E-state index in [0.29, 0.717) is 15.7 Å². The van der Waals surface area contributed by atoms with E-state index in [9.17, 15) is 14.7 Å². The van der Waals surface area contributed by atoms with Gasteiger partial charge in [0.2, 0.25) is 5.91 Å². The molecule has 2 aromatic carbocycles. The second-order valence-electron chi connectivity index (χ2n) is 5.86. The molecule has 7 heteroatoms. The van der Waals surface area contributed by atoms with Crippen molar-refractivity contribution in [3.63, 3.8) is 0 Å². The molecule has 0 radical (unpaired) electrons. The van der Waals surface area contributed by atoms with Gasteiger partial charge in [-0.2, -0.15) is 0 Å². The molecule has 3 N–H and O–H groups in total. The van der Waals surface area contributed by atoms with Crippen molar-refractivity contribution in [1.29, 1.82) is 0 Å². The van der Waals surface area contributed by atoms with Gasteiger partial charge in [0, 0.05) is 15.7 Å². The van der Waals surface area contributed by atoms with Crippen LogP contribution in [0.2, 0.25) is 10.0 Å². The number of phenolic OH excluding ortho intramolecular Hbond substituents is 1. The van der Waals surface area contributed by atoms with Gasteiger partial charge >= 0.3 is 0 Å². The van der Waals surface area contributed by atoms with E-state index in [-0.39, 0.29) is 23.1 Å². The topological polar surface area (TPSA) is 78.4 Å². The Morgan fingerprint density at radius 3 is 2.36 bits per heavy atom. The summed E-state index contributed by atoms with van der Waals surface area (Å²) in [6.45, 7) is 3.61. The molecule has 5 nitrogen and oxygen atoms in total. The summed E-state index contributed by atoms with van der Waals surface area (Å²) in [6, 6.07) is 10.1. The van der Waals surface area contributed by atoms with Gasteiger partial charge in [-0.15, -0.1) is 0 Å². The first-order chi connectivity index (χ1) is 11.8. The van der Waals surface area contributed by atoms with Gasteiger partial charge in [-0.1, -0.05) is 43.1 Å². The lowest BCUT2D eigenvalue weighted by atomic mass is 10.0. The number of aromatic hydroxyl groups is 1. The summed E-state index contributed by atoms with van der Waals surface area (Å²) in [5, 5.41) is 16.0. The first kappa shape index (κ1) is 19.1. The molecule has 2 aromatic rings. The van der Waals surface area contributed by atoms with Crippen molar-refractivity contribution in [3.8, 4) is 5.75 Å². The quantitative estimate of drug-likeness (QED) is 0.730. The number of halogens is 2. The predicted molar refractivity (Wildman–Crippen MR) is 99.3 cm³/mol. The van der Waals surface area contributed by atoms with E-state index in [1.807, 2.05) is 0 Å². The first-order valence-electron chi connectivity index (χ1n) is 7.63. The van der Waals surface area contributed by atoms with Crippen LogP contribution in [0.15, 0.2) is 42.5 Å². The number of phenols is 1. The molecule has 2 rings (SSSR count). The highest BCUT2D eigenvalue weighted by atomic mass is 35.5. The van der Waals surface area contributed by atoms with Crippen LogP contribution in [0.3, 0.4) is 0 Å². The minimum absolute atomic E-state index is 0.00806. The van der Waals surface area contributed by atoms with Gasteiger partial charge in [0.1, 0.15) is 11.8 Å². The Balaban J connectivity index is 2.16. The lowest BCUT2D eigenvalue weighted by Crippen LogP contribution is -2.47. The predicted octanol–water partition coefficient (Wildman–Crippen LogP) is 4.09. The monoisotopic (exact) mass is 380 g/mol. The molecule has 25 heavy (non-hydrogen) atoms. The number of hydrogen-bond donors (Lipinski definition) is 3. The van der Waals surface area contributed by atoms with Crippen LogP contribution < -0.4 is 10.6 Å². The zero-order chi connectivity index (χ0) is 18.6. The fraction of sp³-hybridized carbons (Fsp3) is 0.222. The molecule has 0 aliphatic heterocycles. The van der Waals surface area contributed by atoms with Crippen molar-refractivity contribution in [3.05, 3.63) is 58.1 Å². The highest BCUT2D eigenvalue weighted by Crippen LogP contribution is 2.22. The van der Waals surface area contributed by atoms with E-state index < -0.39 is 11.9 Å². The number of anilines is 1. The van der Waals surface area contributed by atoms with Crippen molar-refractivity contribution in [2.45, 2.75) is 19.9 Å². The smallest absolute Gasteiger partial charge is 0.255 e. The molecule has 0 aliphatic rings. The number of benzene rings is 2. The Morgan fingerprint density at radius 1 is 1.04 bits per heavy atom. The maximum Gasteiger partial charge on any atom is 0.255 e. The number of hydrogen-bond acceptors (Lipinski definition) is 3. The van der Waals surface area contributed by atoms with E-state index in [1.54, 1.807) is 38.1 Å². The number of carbonyl (C=O) groups is 2. The zero-order valence-corrected chi connectivity index (χ0v) is 15.2. The molecular weight excluding hydrogens is 363 g/mol. The van der Waals surface area contributed by atoms with Crippen molar-refractivity contribution in [1.82, 2.24) is 5.32 Å². The van der Waals surface area contributed by atoms with Crippen LogP contribution in [0.5, 0.6) is 5.75 Å². The third kappa shape index (κ3) is 5.11. The Hall–Kier alpha value is -2.24. The van der Waals surface area contributed by atoms with Gasteiger partial charge < -0.3 is 15.7 Å². The molecular formula is C18H18Cl2N2O3. The van der Waals surface area contributed by atoms with Gasteiger partial charge in [-0.05, 0) is 42.3 Å². The molecule has 1 atom stereocenters. The molecule has 0 heterocycles. The zero-order valence-electron chi connectivity index (χ0n) is 13.7. The fourth-order valence-electron chi connectivity index (χ4n) is 2.23. The van der Waals surface area contributed by atoms with E-state index >= 15 is 0 Å². The van der Waals surface area contributed by atoms with Crippen LogP contribution in [0.25, 0.3) is 0 Å². The Morgan fingerprint density at radius 2 is 1.72 bits per heavy atom. The van der Waals surface area contributed by atoms with Gasteiger partial charge in [0.25, 0.3) is 5.91 Å². The minimum atomic E-state index is -0.801. The van der Waals surface area contributed by atoms with Crippen molar-refractivity contribution in [2.75, 3.05) is 5.32 Å². The summed E-state index contributed by atoms with van der Waals surface area (Å²) in [6.07, 6.45) is 0. The third-order valence-corrected chi connectivity index (χ3v) is 4.00. The minimum Gasteiger partial charge on any atom is -0.507 e. The first-order valence-corrected chi connectivity index (χ1v) is 8.39. The van der Waals surface area contributed by atoms with Crippen LogP contribution in [0.4, 0.5) is 5.69 Å². The Bertz CT molecular complexity index is 794. The van der Waals surface area contributed by atoms with Crippen molar-refractivity contribution >= 4 is 40.7 Å². The molecule has 2 amide bonds. The molecule has 0 spiro atoms. The lowest BCUT2D eigenvalue weighted by molar-refractivity contribution is -0.118. The highest BCUT2D eigenvalue weighted by Gasteiger charge is 2.26. The van der Waals surface area contributed by atoms with Crippen LogP contribution in [-0.4, -0.2) is 23.0 Å². The SMILES string of the molecule is CC(C)[C@H](NC(=O)c1cc(Cl)ccc1O)C(=O)Nc1cccc(Cl)c1. The maximum absolute atomic E-state index is 12.5. The molecule has 0 saturated heterocycles. The summed E-state index contributed by atoms with van der Waals surface area (Å²) in [7, 11) is 0. The summed E-state index contributed by atoms with van der Waals surface area (Å²) in [4.78, 5) is 24.9. The lowest BCUT2D eigenvalue weighted by Gasteiger charge is -2.22. The van der Waals surface area contributed by atoms with Crippen molar-refractivity contribution in [2.24, 2.45) is 5.92 Å². The standard InChI is InChI=1S/C18H18Cl2N2O3/c1-10(2)16(18(25)21-13-5-3-4-11(19)8-13)22-17(24)14-9-12(20)6-7-15(14)23/h3-10,16,23H,1-2H3,(H,21,25)(H,22,24)/t16-/m0/s1. The van der Waals surface area contributed by atoms with Gasteiger partial charge in [-0.3, -0.25) is 9.59 Å². The summed E-state index contributed by atoms with van der Waals surface area (Å²) >= 11 is 11.8. The molecule has 0 fully saturated rings. The number of carbonyl (C=O) groups excluding carboxylic acids is 2. The number of rotatable bonds is 5. The second-order valence-corrected chi connectivity index (χ2v) is 6.73. The summed E-state index contributed by atoms with van der Waals surface area (Å²) in [5.41, 5.74) is 0.539. The Labute approximate surface area is 156 Å². The largest absolute Gasteiger partial charge is 0.507 e. The van der Waals surface area contributed by atoms with Gasteiger partial charge in [-0.25, -0.2) is 0 Å². The maximum atomic E-state index is 12.5. The Kier molecular flexibility index (Phi) is 6.28. The van der Waals surface area contributed by atoms with E-state index in [1.165, 1.54) is 18.2 Å². The molecule has 0 saturated carbocycles. The van der Waals surface area contributed by atoms with E-state index in [0.717, 1.165) is 0 Å². The van der Waals surface area contributed by atoms with Gasteiger partial charge in [0.05, 0.1) is 5.56 Å². The summed E-state index contributed by atoms with van der Waals surface area (Å²) < 4.78 is 0. The average molecular weight is 381 g/mol. The van der Waals surface area contributed by atoms with Gasteiger partial charge in [0.15, 0.2) is 0 Å². The van der Waals surface area contributed by atoms with Crippen molar-refractivity contribution < 1.29 is 14.7 Å². The average Bonchev–Trinajstić information content (AvgIpc) is 2.54. The molecule has 0 aromatic heterocycles. The molecule has 0 unspecified atom stereocenters. The summed E-state index contributed by atoms with van der Waals surface area (Å²) in [5.74, 6) is -1.35. The highest BCUT2D eigenvalue weighted by molar-refractivity contribution is 6.31. The second kappa shape index (κ2) is 8.23. The number of nitrogens with one attached hydrogen (secondary N) is 2. The fourth-order valence-corrected chi connectivity index (χ4v) is 2.59. The molecule has 132 valence electrons. The van der Waals surface area contributed by atoms with E-state index in [4.69, 9.17) is 23.2 Å². The number of amides is 2. The van der Waals surface area contributed by atoms with Crippen LogP contribution in [0, 0.1) is 5.92 Å². The molecule has 0 aliphatic carbocycles. The molecule has 0 bridgehead atoms. The van der Waals surface area contributed by atoms with Crippen LogP contribution in [-0.2, 0) is 4.79 Å². The third-order valence-electron chi connectivity index (χ3n) is 3.53. The van der Waals surface area contributed by atoms with E-state index in [2.05, 4.69) is 10.6 Å². The van der Waals surface area contributed by atoms with Crippen LogP contribution in [0.1, 0.15) is 24.2 Å². The normalized spacial score (nSPS) is 11.9. The van der Waals surface area contributed by atoms with Crippen LogP contribution >= 0.6 is 23.2 Å².